The predicted molar refractivity (Wildman–Crippen MR) is 96.6 cm³/mol. The van der Waals surface area contributed by atoms with E-state index in [1.807, 2.05) is 24.3 Å². The first-order valence-electron chi connectivity index (χ1n) is 7.30. The number of para-hydroxylation sites is 2. The zero-order chi connectivity index (χ0) is 16.7. The quantitative estimate of drug-likeness (QED) is 0.543. The summed E-state index contributed by atoms with van der Waals surface area (Å²) >= 11 is 12.6. The second-order valence-corrected chi connectivity index (χ2v) is 6.12. The maximum atomic E-state index is 13.1. The van der Waals surface area contributed by atoms with E-state index in [2.05, 4.69) is 0 Å². The molecular formula is C19H11Cl2NO2. The molecule has 0 unspecified atom stereocenters. The van der Waals surface area contributed by atoms with Crippen molar-refractivity contribution in [3.8, 4) is 0 Å². The van der Waals surface area contributed by atoms with E-state index in [4.69, 9.17) is 27.6 Å². The van der Waals surface area contributed by atoms with Gasteiger partial charge in [0.05, 0.1) is 33.3 Å². The minimum atomic E-state index is -0.192. The minimum Gasteiger partial charge on any atom is -0.465 e. The Morgan fingerprint density at radius 1 is 0.917 bits per heavy atom. The Hall–Kier alpha value is -2.49. The summed E-state index contributed by atoms with van der Waals surface area (Å²) < 4.78 is 5.35. The number of anilines is 2. The van der Waals surface area contributed by atoms with Gasteiger partial charge in [-0.05, 0) is 36.4 Å². The number of nitrogens with zero attached hydrogens (tertiary/aromatic N) is 1. The van der Waals surface area contributed by atoms with E-state index in [0.29, 0.717) is 27.1 Å². The molecule has 1 aliphatic rings. The van der Waals surface area contributed by atoms with Crippen LogP contribution in [-0.2, 0) is 4.79 Å². The maximum absolute atomic E-state index is 13.1. The second-order valence-electron chi connectivity index (χ2n) is 5.30. The Morgan fingerprint density at radius 2 is 1.67 bits per heavy atom. The molecule has 3 aromatic rings. The van der Waals surface area contributed by atoms with Crippen molar-refractivity contribution in [3.05, 3.63) is 82.2 Å². The molecule has 5 heteroatoms. The summed E-state index contributed by atoms with van der Waals surface area (Å²) in [5.41, 5.74) is 2.59. The van der Waals surface area contributed by atoms with Crippen LogP contribution >= 0.6 is 23.2 Å². The van der Waals surface area contributed by atoms with E-state index in [0.717, 1.165) is 11.3 Å². The van der Waals surface area contributed by atoms with Crippen molar-refractivity contribution in [3.63, 3.8) is 0 Å². The van der Waals surface area contributed by atoms with Crippen molar-refractivity contribution in [2.45, 2.75) is 0 Å². The van der Waals surface area contributed by atoms with Crippen LogP contribution in [0.15, 0.2) is 65.3 Å². The summed E-state index contributed by atoms with van der Waals surface area (Å²) in [6.07, 6.45) is 3.30. The van der Waals surface area contributed by atoms with E-state index in [9.17, 15) is 4.79 Å². The lowest BCUT2D eigenvalue weighted by molar-refractivity contribution is -0.112. The minimum absolute atomic E-state index is 0.192. The molecule has 0 saturated carbocycles. The molecule has 1 aromatic heterocycles. The van der Waals surface area contributed by atoms with Gasteiger partial charge in [-0.3, -0.25) is 9.69 Å². The summed E-state index contributed by atoms with van der Waals surface area (Å²) in [6.45, 7) is 0. The molecule has 2 aromatic carbocycles. The Labute approximate surface area is 148 Å². The highest BCUT2D eigenvalue weighted by atomic mass is 35.5. The summed E-state index contributed by atoms with van der Waals surface area (Å²) in [7, 11) is 0. The highest BCUT2D eigenvalue weighted by Gasteiger charge is 2.35. The number of hydrogen-bond acceptors (Lipinski definition) is 2. The lowest BCUT2D eigenvalue weighted by Crippen LogP contribution is -2.21. The van der Waals surface area contributed by atoms with E-state index < -0.39 is 0 Å². The van der Waals surface area contributed by atoms with Crippen molar-refractivity contribution in [2.24, 2.45) is 0 Å². The Kier molecular flexibility index (Phi) is 3.68. The smallest absolute Gasteiger partial charge is 0.263 e. The lowest BCUT2D eigenvalue weighted by Gasteiger charge is -2.19. The number of benzene rings is 2. The molecule has 0 fully saturated rings. The van der Waals surface area contributed by atoms with Crippen LogP contribution in [0.5, 0.6) is 0 Å². The SMILES string of the molecule is O=C1/C(=C\c2ccco2)c2ccccc2N1c1c(Cl)cccc1Cl. The average molecular weight is 356 g/mol. The summed E-state index contributed by atoms with van der Waals surface area (Å²) in [5.74, 6) is 0.419. The molecule has 24 heavy (non-hydrogen) atoms. The summed E-state index contributed by atoms with van der Waals surface area (Å²) in [5, 5.41) is 0.842. The number of rotatable bonds is 2. The van der Waals surface area contributed by atoms with E-state index in [1.54, 1.807) is 47.6 Å². The van der Waals surface area contributed by atoms with Crippen LogP contribution in [0, 0.1) is 0 Å². The predicted octanol–water partition coefficient (Wildman–Crippen LogP) is 5.81. The molecule has 3 nitrogen and oxygen atoms in total. The van der Waals surface area contributed by atoms with Gasteiger partial charge in [0.2, 0.25) is 0 Å². The van der Waals surface area contributed by atoms with Crippen molar-refractivity contribution in [2.75, 3.05) is 4.90 Å². The molecule has 118 valence electrons. The standard InChI is InChI=1S/C19H11Cl2NO2/c20-15-7-3-8-16(21)18(15)22-17-9-2-1-6-13(17)14(19(22)23)11-12-5-4-10-24-12/h1-11H/b14-11-. The number of amides is 1. The number of fused-ring (bicyclic) bond motifs is 1. The van der Waals surface area contributed by atoms with Gasteiger partial charge < -0.3 is 4.42 Å². The summed E-state index contributed by atoms with van der Waals surface area (Å²) in [4.78, 5) is 14.6. The molecule has 0 spiro atoms. The van der Waals surface area contributed by atoms with Gasteiger partial charge in [0.1, 0.15) is 5.76 Å². The molecular weight excluding hydrogens is 345 g/mol. The van der Waals surface area contributed by atoms with Crippen molar-refractivity contribution in [1.29, 1.82) is 0 Å². The normalized spacial score (nSPS) is 15.2. The van der Waals surface area contributed by atoms with Gasteiger partial charge in [-0.25, -0.2) is 0 Å². The first-order chi connectivity index (χ1) is 11.7. The number of carbonyl (C=O) groups excluding carboxylic acids is 1. The average Bonchev–Trinajstić information content (AvgIpc) is 3.17. The van der Waals surface area contributed by atoms with Gasteiger partial charge in [-0.15, -0.1) is 0 Å². The van der Waals surface area contributed by atoms with Crippen LogP contribution in [0.3, 0.4) is 0 Å². The van der Waals surface area contributed by atoms with E-state index >= 15 is 0 Å². The number of halogens is 2. The van der Waals surface area contributed by atoms with Gasteiger partial charge in [-0.2, -0.15) is 0 Å². The molecule has 0 atom stereocenters. The zero-order valence-electron chi connectivity index (χ0n) is 12.4. The van der Waals surface area contributed by atoms with Gasteiger partial charge in [0.15, 0.2) is 0 Å². The first kappa shape index (κ1) is 15.1. The van der Waals surface area contributed by atoms with Crippen molar-refractivity contribution >= 4 is 52.1 Å². The van der Waals surface area contributed by atoms with Gasteiger partial charge >= 0.3 is 0 Å². The Balaban J connectivity index is 1.93. The third kappa shape index (κ3) is 2.33. The third-order valence-electron chi connectivity index (χ3n) is 3.86. The highest BCUT2D eigenvalue weighted by molar-refractivity contribution is 6.44. The van der Waals surface area contributed by atoms with Gasteiger partial charge in [0, 0.05) is 5.56 Å². The molecule has 0 N–H and O–H groups in total. The van der Waals surface area contributed by atoms with Crippen LogP contribution in [0.2, 0.25) is 10.0 Å². The molecule has 1 aliphatic heterocycles. The maximum Gasteiger partial charge on any atom is 0.263 e. The fourth-order valence-corrected chi connectivity index (χ4v) is 3.39. The van der Waals surface area contributed by atoms with Crippen LogP contribution < -0.4 is 4.90 Å². The molecule has 1 amide bonds. The number of furan rings is 1. The van der Waals surface area contributed by atoms with Crippen LogP contribution in [0.1, 0.15) is 11.3 Å². The molecule has 2 heterocycles. The van der Waals surface area contributed by atoms with E-state index in [-0.39, 0.29) is 5.91 Å². The third-order valence-corrected chi connectivity index (χ3v) is 4.47. The largest absolute Gasteiger partial charge is 0.465 e. The topological polar surface area (TPSA) is 33.5 Å². The lowest BCUT2D eigenvalue weighted by atomic mass is 10.1. The molecule has 0 bridgehead atoms. The zero-order valence-corrected chi connectivity index (χ0v) is 13.9. The highest BCUT2D eigenvalue weighted by Crippen LogP contribution is 2.46. The summed E-state index contributed by atoms with van der Waals surface area (Å²) in [6, 6.07) is 16.3. The molecule has 4 rings (SSSR count). The van der Waals surface area contributed by atoms with Crippen LogP contribution in [-0.4, -0.2) is 5.91 Å². The number of carbonyl (C=O) groups is 1. The molecule has 0 saturated heterocycles. The van der Waals surface area contributed by atoms with Crippen molar-refractivity contribution in [1.82, 2.24) is 0 Å². The fraction of sp³-hybridized carbons (Fsp3) is 0. The van der Waals surface area contributed by atoms with Crippen LogP contribution in [0.25, 0.3) is 11.6 Å². The van der Waals surface area contributed by atoms with Gasteiger partial charge in [0.25, 0.3) is 5.91 Å². The van der Waals surface area contributed by atoms with Gasteiger partial charge in [-0.1, -0.05) is 47.5 Å². The van der Waals surface area contributed by atoms with E-state index in [1.165, 1.54) is 0 Å². The second kappa shape index (κ2) is 5.86. The Morgan fingerprint density at radius 3 is 2.38 bits per heavy atom. The van der Waals surface area contributed by atoms with Crippen molar-refractivity contribution < 1.29 is 9.21 Å². The van der Waals surface area contributed by atoms with Crippen LogP contribution in [0.4, 0.5) is 11.4 Å². The monoisotopic (exact) mass is 355 g/mol. The number of hydrogen-bond donors (Lipinski definition) is 0. The molecule has 0 radical (unpaired) electrons. The molecule has 0 aliphatic carbocycles. The Bertz CT molecular complexity index is 941. The fourth-order valence-electron chi connectivity index (χ4n) is 2.82. The first-order valence-corrected chi connectivity index (χ1v) is 8.05.